The van der Waals surface area contributed by atoms with Gasteiger partial charge in [0.05, 0.1) is 0 Å². The molecule has 1 fully saturated rings. The van der Waals surface area contributed by atoms with E-state index in [4.69, 9.17) is 5.73 Å². The van der Waals surface area contributed by atoms with Gasteiger partial charge in [-0.15, -0.1) is 12.4 Å². The summed E-state index contributed by atoms with van der Waals surface area (Å²) in [6.45, 7) is 9.05. The molecule has 1 aliphatic heterocycles. The third-order valence-electron chi connectivity index (χ3n) is 4.75. The van der Waals surface area contributed by atoms with Gasteiger partial charge in [0.1, 0.15) is 6.04 Å². The van der Waals surface area contributed by atoms with Crippen LogP contribution in [0.25, 0.3) is 0 Å². The van der Waals surface area contributed by atoms with Crippen molar-refractivity contribution in [2.75, 3.05) is 13.1 Å². The van der Waals surface area contributed by atoms with Gasteiger partial charge >= 0.3 is 0 Å². The molecular weight excluding hydrogens is 350 g/mol. The topological polar surface area (TPSA) is 75.4 Å². The van der Waals surface area contributed by atoms with E-state index in [0.29, 0.717) is 19.5 Å². The fourth-order valence-corrected chi connectivity index (χ4v) is 3.38. The highest BCUT2D eigenvalue weighted by Gasteiger charge is 2.37. The number of amides is 2. The van der Waals surface area contributed by atoms with Crippen molar-refractivity contribution >= 4 is 24.2 Å². The monoisotopic (exact) mass is 381 g/mol. The van der Waals surface area contributed by atoms with Crippen LogP contribution in [-0.2, 0) is 9.59 Å². The lowest BCUT2D eigenvalue weighted by Gasteiger charge is -2.27. The average molecular weight is 382 g/mol. The molecule has 2 amide bonds. The molecule has 3 N–H and O–H groups in total. The van der Waals surface area contributed by atoms with Crippen LogP contribution < -0.4 is 11.1 Å². The normalized spacial score (nSPS) is 20.8. The van der Waals surface area contributed by atoms with Crippen molar-refractivity contribution in [2.45, 2.75) is 52.1 Å². The molecule has 146 valence electrons. The zero-order valence-electron chi connectivity index (χ0n) is 16.1. The summed E-state index contributed by atoms with van der Waals surface area (Å²) in [4.78, 5) is 26.9. The molecule has 6 heteroatoms. The fourth-order valence-electron chi connectivity index (χ4n) is 3.38. The Hall–Kier alpha value is -1.59. The molecule has 1 heterocycles. The van der Waals surface area contributed by atoms with Crippen molar-refractivity contribution < 1.29 is 9.59 Å². The minimum atomic E-state index is -0.493. The maximum Gasteiger partial charge on any atom is 0.245 e. The molecule has 3 atom stereocenters. The van der Waals surface area contributed by atoms with E-state index >= 15 is 0 Å². The highest BCUT2D eigenvalue weighted by molar-refractivity contribution is 5.88. The minimum absolute atomic E-state index is 0. The van der Waals surface area contributed by atoms with E-state index < -0.39 is 6.04 Å². The molecule has 0 aliphatic carbocycles. The Morgan fingerprint density at radius 1 is 1.15 bits per heavy atom. The maximum atomic E-state index is 13.0. The van der Waals surface area contributed by atoms with Crippen molar-refractivity contribution in [3.63, 3.8) is 0 Å². The Bertz CT molecular complexity index is 592. The van der Waals surface area contributed by atoms with Gasteiger partial charge in [-0.1, -0.05) is 58.0 Å². The van der Waals surface area contributed by atoms with Crippen molar-refractivity contribution in [1.82, 2.24) is 10.2 Å². The molecule has 0 bridgehead atoms. The van der Waals surface area contributed by atoms with Crippen LogP contribution in [0.5, 0.6) is 0 Å². The van der Waals surface area contributed by atoms with Crippen molar-refractivity contribution in [3.8, 4) is 0 Å². The average Bonchev–Trinajstić information content (AvgIpc) is 2.94. The van der Waals surface area contributed by atoms with E-state index in [1.165, 1.54) is 0 Å². The number of benzene rings is 1. The summed E-state index contributed by atoms with van der Waals surface area (Å²) in [6.07, 6.45) is 0.433. The van der Waals surface area contributed by atoms with Crippen LogP contribution in [-0.4, -0.2) is 41.9 Å². The number of hydrogen-bond acceptors (Lipinski definition) is 3. The minimum Gasteiger partial charge on any atom is -0.344 e. The number of rotatable bonds is 6. The molecule has 2 rings (SSSR count). The molecular formula is C20H32ClN3O2. The number of carbonyl (C=O) groups excluding carboxylic acids is 2. The third kappa shape index (κ3) is 5.71. The van der Waals surface area contributed by atoms with Crippen LogP contribution in [0, 0.1) is 11.8 Å². The van der Waals surface area contributed by atoms with Gasteiger partial charge in [0, 0.05) is 31.5 Å². The summed E-state index contributed by atoms with van der Waals surface area (Å²) >= 11 is 0. The van der Waals surface area contributed by atoms with E-state index in [1.54, 1.807) is 0 Å². The smallest absolute Gasteiger partial charge is 0.245 e. The number of likely N-dealkylation sites (tertiary alicyclic amines) is 1. The highest BCUT2D eigenvalue weighted by atomic mass is 35.5. The number of hydrogen-bond donors (Lipinski definition) is 2. The van der Waals surface area contributed by atoms with Crippen LogP contribution in [0.3, 0.4) is 0 Å². The van der Waals surface area contributed by atoms with Crippen molar-refractivity contribution in [3.05, 3.63) is 35.9 Å². The lowest BCUT2D eigenvalue weighted by molar-refractivity contribution is -0.137. The van der Waals surface area contributed by atoms with Crippen LogP contribution in [0.2, 0.25) is 0 Å². The summed E-state index contributed by atoms with van der Waals surface area (Å²) in [7, 11) is 0. The zero-order chi connectivity index (χ0) is 18.6. The summed E-state index contributed by atoms with van der Waals surface area (Å²) < 4.78 is 0. The van der Waals surface area contributed by atoms with Gasteiger partial charge in [0.15, 0.2) is 0 Å². The van der Waals surface area contributed by atoms with Crippen LogP contribution in [0.1, 0.15) is 45.6 Å². The molecule has 5 nitrogen and oxygen atoms in total. The van der Waals surface area contributed by atoms with Gasteiger partial charge in [0.2, 0.25) is 11.8 Å². The first kappa shape index (κ1) is 22.5. The van der Waals surface area contributed by atoms with E-state index in [0.717, 1.165) is 5.56 Å². The number of nitrogens with one attached hydrogen (secondary N) is 1. The first-order valence-electron chi connectivity index (χ1n) is 9.18. The third-order valence-corrected chi connectivity index (χ3v) is 4.75. The lowest BCUT2D eigenvalue weighted by Crippen LogP contribution is -2.51. The predicted octanol–water partition coefficient (Wildman–Crippen LogP) is 2.55. The summed E-state index contributed by atoms with van der Waals surface area (Å²) in [5.41, 5.74) is 7.46. The second-order valence-electron chi connectivity index (χ2n) is 7.81. The number of nitrogens with two attached hydrogens (primary N) is 1. The van der Waals surface area contributed by atoms with E-state index in [-0.39, 0.29) is 48.0 Å². The maximum absolute atomic E-state index is 13.0. The van der Waals surface area contributed by atoms with E-state index in [9.17, 15) is 9.59 Å². The Morgan fingerprint density at radius 3 is 2.31 bits per heavy atom. The molecule has 1 saturated heterocycles. The van der Waals surface area contributed by atoms with Crippen molar-refractivity contribution in [1.29, 1.82) is 0 Å². The Morgan fingerprint density at radius 2 is 1.77 bits per heavy atom. The molecule has 0 spiro atoms. The van der Waals surface area contributed by atoms with Crippen LogP contribution in [0.4, 0.5) is 0 Å². The predicted molar refractivity (Wildman–Crippen MR) is 107 cm³/mol. The van der Waals surface area contributed by atoms with Gasteiger partial charge < -0.3 is 16.0 Å². The van der Waals surface area contributed by atoms with Crippen LogP contribution >= 0.6 is 12.4 Å². The summed E-state index contributed by atoms with van der Waals surface area (Å²) in [6, 6.07) is 9.52. The Balaban J connectivity index is 0.00000338. The quantitative estimate of drug-likeness (QED) is 0.795. The fraction of sp³-hybridized carbons (Fsp3) is 0.600. The molecule has 0 saturated carbocycles. The number of nitrogens with zero attached hydrogens (tertiary/aromatic N) is 1. The first-order valence-corrected chi connectivity index (χ1v) is 9.18. The number of halogens is 1. The SMILES string of the molecule is CC(C)CC(=O)NC(C(=O)N1C[C@@H](N)[C@H](c2ccccc2)C1)C(C)C.Cl. The Kier molecular flexibility index (Phi) is 8.57. The lowest BCUT2D eigenvalue weighted by atomic mass is 9.95. The largest absolute Gasteiger partial charge is 0.344 e. The van der Waals surface area contributed by atoms with Gasteiger partial charge in [-0.25, -0.2) is 0 Å². The summed E-state index contributed by atoms with van der Waals surface area (Å²) in [5, 5.41) is 2.92. The molecule has 0 aromatic heterocycles. The van der Waals surface area contributed by atoms with Gasteiger partial charge in [-0.05, 0) is 17.4 Å². The molecule has 1 unspecified atom stereocenters. The van der Waals surface area contributed by atoms with E-state index in [1.807, 2.05) is 50.8 Å². The zero-order valence-corrected chi connectivity index (χ0v) is 17.0. The van der Waals surface area contributed by atoms with Gasteiger partial charge in [-0.2, -0.15) is 0 Å². The molecule has 1 aromatic rings. The molecule has 26 heavy (non-hydrogen) atoms. The Labute approximate surface area is 163 Å². The highest BCUT2D eigenvalue weighted by Crippen LogP contribution is 2.27. The van der Waals surface area contributed by atoms with Gasteiger partial charge in [-0.3, -0.25) is 9.59 Å². The van der Waals surface area contributed by atoms with E-state index in [2.05, 4.69) is 17.4 Å². The van der Waals surface area contributed by atoms with Gasteiger partial charge in [0.25, 0.3) is 0 Å². The first-order chi connectivity index (χ1) is 11.8. The summed E-state index contributed by atoms with van der Waals surface area (Å²) in [5.74, 6) is 0.358. The second kappa shape index (κ2) is 9.93. The molecule has 1 aliphatic rings. The van der Waals surface area contributed by atoms with Crippen LogP contribution in [0.15, 0.2) is 30.3 Å². The molecule has 1 aromatic carbocycles. The second-order valence-corrected chi connectivity index (χ2v) is 7.81. The standard InChI is InChI=1S/C20H31N3O2.ClH/c1-13(2)10-18(24)22-19(14(3)4)20(25)23-11-16(17(21)12-23)15-8-6-5-7-9-15;/h5-9,13-14,16-17,19H,10-12,21H2,1-4H3,(H,22,24);1H/t16-,17+,19?;/m0./s1. The number of carbonyl (C=O) groups is 2. The molecule has 0 radical (unpaired) electrons. The van der Waals surface area contributed by atoms with Crippen molar-refractivity contribution in [2.24, 2.45) is 17.6 Å².